The van der Waals surface area contributed by atoms with Crippen LogP contribution in [0.1, 0.15) is 34.3 Å². The smallest absolute Gasteiger partial charge is 0.254 e. The summed E-state index contributed by atoms with van der Waals surface area (Å²) < 4.78 is 1.64. The minimum atomic E-state index is -0.190. The Hall–Kier alpha value is -3.12. The van der Waals surface area contributed by atoms with Crippen molar-refractivity contribution in [1.82, 2.24) is 20.0 Å². The zero-order valence-corrected chi connectivity index (χ0v) is 16.6. The number of likely N-dealkylation sites (tertiary alicyclic amines) is 1. The number of hydrogen-bond acceptors (Lipinski definition) is 3. The van der Waals surface area contributed by atoms with E-state index >= 15 is 0 Å². The Morgan fingerprint density at radius 2 is 1.93 bits per heavy atom. The number of benzene rings is 2. The van der Waals surface area contributed by atoms with E-state index in [4.69, 9.17) is 11.6 Å². The van der Waals surface area contributed by atoms with Gasteiger partial charge in [0, 0.05) is 37.3 Å². The average molecular weight is 409 g/mol. The SMILES string of the molecule is O=C(NCc1cccc(CN2CCCC2=O)c1)c1cnn(-c2ccc(Cl)cc2)c1. The summed E-state index contributed by atoms with van der Waals surface area (Å²) >= 11 is 5.91. The molecule has 3 aromatic rings. The van der Waals surface area contributed by atoms with Crippen molar-refractivity contribution in [2.45, 2.75) is 25.9 Å². The van der Waals surface area contributed by atoms with Crippen LogP contribution in [0.25, 0.3) is 5.69 Å². The van der Waals surface area contributed by atoms with E-state index in [-0.39, 0.29) is 11.8 Å². The summed E-state index contributed by atoms with van der Waals surface area (Å²) in [5, 5.41) is 7.82. The molecule has 1 N–H and O–H groups in total. The van der Waals surface area contributed by atoms with Gasteiger partial charge in [-0.15, -0.1) is 0 Å². The Labute approximate surface area is 174 Å². The lowest BCUT2D eigenvalue weighted by Gasteiger charge is -2.16. The van der Waals surface area contributed by atoms with Gasteiger partial charge >= 0.3 is 0 Å². The molecule has 0 unspecified atom stereocenters. The van der Waals surface area contributed by atoms with Gasteiger partial charge in [0.2, 0.25) is 5.91 Å². The molecular weight excluding hydrogens is 388 g/mol. The van der Waals surface area contributed by atoms with E-state index in [0.29, 0.717) is 30.1 Å². The van der Waals surface area contributed by atoms with E-state index < -0.39 is 0 Å². The van der Waals surface area contributed by atoms with Gasteiger partial charge in [0.25, 0.3) is 5.91 Å². The summed E-state index contributed by atoms with van der Waals surface area (Å²) in [6.45, 7) is 1.85. The summed E-state index contributed by atoms with van der Waals surface area (Å²) in [4.78, 5) is 26.2. The highest BCUT2D eigenvalue weighted by Crippen LogP contribution is 2.16. The monoisotopic (exact) mass is 408 g/mol. The lowest BCUT2D eigenvalue weighted by molar-refractivity contribution is -0.128. The van der Waals surface area contributed by atoms with Crippen LogP contribution in [-0.4, -0.2) is 33.0 Å². The van der Waals surface area contributed by atoms with E-state index in [0.717, 1.165) is 29.8 Å². The summed E-state index contributed by atoms with van der Waals surface area (Å²) in [5.41, 5.74) is 3.38. The first-order valence-corrected chi connectivity index (χ1v) is 9.91. The van der Waals surface area contributed by atoms with E-state index in [1.54, 1.807) is 29.2 Å². The van der Waals surface area contributed by atoms with Gasteiger partial charge in [-0.3, -0.25) is 9.59 Å². The largest absolute Gasteiger partial charge is 0.348 e. The Balaban J connectivity index is 1.37. The zero-order chi connectivity index (χ0) is 20.2. The molecule has 0 spiro atoms. The molecular formula is C22H21ClN4O2. The summed E-state index contributed by atoms with van der Waals surface area (Å²) in [6, 6.07) is 15.2. The van der Waals surface area contributed by atoms with Gasteiger partial charge in [-0.05, 0) is 41.8 Å². The van der Waals surface area contributed by atoms with E-state index in [9.17, 15) is 9.59 Å². The van der Waals surface area contributed by atoms with Crippen molar-refractivity contribution in [2.75, 3.05) is 6.54 Å². The van der Waals surface area contributed by atoms with Gasteiger partial charge in [0.05, 0.1) is 17.4 Å². The highest BCUT2D eigenvalue weighted by atomic mass is 35.5. The van der Waals surface area contributed by atoms with Crippen LogP contribution in [0.4, 0.5) is 0 Å². The molecule has 148 valence electrons. The van der Waals surface area contributed by atoms with Crippen LogP contribution in [0.2, 0.25) is 5.02 Å². The van der Waals surface area contributed by atoms with Crippen molar-refractivity contribution in [1.29, 1.82) is 0 Å². The van der Waals surface area contributed by atoms with Crippen LogP contribution >= 0.6 is 11.6 Å². The fraction of sp³-hybridized carbons (Fsp3) is 0.227. The van der Waals surface area contributed by atoms with Crippen molar-refractivity contribution in [3.05, 3.63) is 82.6 Å². The molecule has 2 heterocycles. The third kappa shape index (κ3) is 4.66. The predicted octanol–water partition coefficient (Wildman–Crippen LogP) is 3.58. The van der Waals surface area contributed by atoms with Gasteiger partial charge in [0.1, 0.15) is 0 Å². The molecule has 0 bridgehead atoms. The number of nitrogens with one attached hydrogen (secondary N) is 1. The van der Waals surface area contributed by atoms with E-state index in [1.165, 1.54) is 0 Å². The van der Waals surface area contributed by atoms with Crippen LogP contribution in [-0.2, 0) is 17.9 Å². The Bertz CT molecular complexity index is 1030. The maximum Gasteiger partial charge on any atom is 0.254 e. The van der Waals surface area contributed by atoms with Crippen molar-refractivity contribution < 1.29 is 9.59 Å². The second-order valence-corrected chi connectivity index (χ2v) is 7.51. The van der Waals surface area contributed by atoms with Crippen molar-refractivity contribution in [2.24, 2.45) is 0 Å². The molecule has 29 heavy (non-hydrogen) atoms. The van der Waals surface area contributed by atoms with Crippen LogP contribution in [0.15, 0.2) is 60.9 Å². The Morgan fingerprint density at radius 3 is 2.69 bits per heavy atom. The first kappa shape index (κ1) is 19.2. The van der Waals surface area contributed by atoms with Crippen LogP contribution in [0.3, 0.4) is 0 Å². The predicted molar refractivity (Wildman–Crippen MR) is 111 cm³/mol. The van der Waals surface area contributed by atoms with Gasteiger partial charge < -0.3 is 10.2 Å². The van der Waals surface area contributed by atoms with Crippen molar-refractivity contribution >= 4 is 23.4 Å². The molecule has 1 aliphatic rings. The molecule has 1 fully saturated rings. The number of carbonyl (C=O) groups excluding carboxylic acids is 2. The second kappa shape index (κ2) is 8.49. The molecule has 4 rings (SSSR count). The third-order valence-corrected chi connectivity index (χ3v) is 5.18. The Morgan fingerprint density at radius 1 is 1.14 bits per heavy atom. The highest BCUT2D eigenvalue weighted by molar-refractivity contribution is 6.30. The molecule has 6 nitrogen and oxygen atoms in total. The molecule has 1 aromatic heterocycles. The number of halogens is 1. The number of carbonyl (C=O) groups is 2. The summed E-state index contributed by atoms with van der Waals surface area (Å²) in [5.74, 6) is 0.0201. The summed E-state index contributed by atoms with van der Waals surface area (Å²) in [7, 11) is 0. The van der Waals surface area contributed by atoms with Crippen LogP contribution in [0, 0.1) is 0 Å². The molecule has 2 aromatic carbocycles. The fourth-order valence-electron chi connectivity index (χ4n) is 3.39. The van der Waals surface area contributed by atoms with E-state index in [1.807, 2.05) is 41.3 Å². The first-order valence-electron chi connectivity index (χ1n) is 9.53. The normalized spacial score (nSPS) is 13.7. The Kier molecular flexibility index (Phi) is 5.62. The quantitative estimate of drug-likeness (QED) is 0.677. The van der Waals surface area contributed by atoms with Crippen LogP contribution in [0.5, 0.6) is 0 Å². The fourth-order valence-corrected chi connectivity index (χ4v) is 3.52. The lowest BCUT2D eigenvalue weighted by Crippen LogP contribution is -2.24. The van der Waals surface area contributed by atoms with Crippen molar-refractivity contribution in [3.63, 3.8) is 0 Å². The minimum Gasteiger partial charge on any atom is -0.348 e. The van der Waals surface area contributed by atoms with Crippen LogP contribution < -0.4 is 5.32 Å². The number of hydrogen-bond donors (Lipinski definition) is 1. The maximum absolute atomic E-state index is 12.5. The first-order chi connectivity index (χ1) is 14.1. The molecule has 0 saturated carbocycles. The topological polar surface area (TPSA) is 67.2 Å². The maximum atomic E-state index is 12.5. The minimum absolute atomic E-state index is 0.190. The molecule has 0 aliphatic carbocycles. The molecule has 0 atom stereocenters. The number of aromatic nitrogens is 2. The van der Waals surface area contributed by atoms with E-state index in [2.05, 4.69) is 10.4 Å². The number of rotatable bonds is 6. The number of amides is 2. The average Bonchev–Trinajstić information content (AvgIpc) is 3.37. The van der Waals surface area contributed by atoms with Gasteiger partial charge in [-0.2, -0.15) is 5.10 Å². The molecule has 0 radical (unpaired) electrons. The zero-order valence-electron chi connectivity index (χ0n) is 15.8. The third-order valence-electron chi connectivity index (χ3n) is 4.93. The highest BCUT2D eigenvalue weighted by Gasteiger charge is 2.20. The van der Waals surface area contributed by atoms with Crippen molar-refractivity contribution in [3.8, 4) is 5.69 Å². The van der Waals surface area contributed by atoms with Gasteiger partial charge in [0.15, 0.2) is 0 Å². The lowest BCUT2D eigenvalue weighted by atomic mass is 10.1. The molecule has 7 heteroatoms. The second-order valence-electron chi connectivity index (χ2n) is 7.07. The number of nitrogens with zero attached hydrogens (tertiary/aromatic N) is 3. The van der Waals surface area contributed by atoms with Gasteiger partial charge in [-0.1, -0.05) is 35.9 Å². The molecule has 1 saturated heterocycles. The summed E-state index contributed by atoms with van der Waals surface area (Å²) in [6.07, 6.45) is 4.80. The molecule has 1 aliphatic heterocycles. The van der Waals surface area contributed by atoms with Gasteiger partial charge in [-0.25, -0.2) is 4.68 Å². The molecule has 2 amide bonds. The standard InChI is InChI=1S/C22H21ClN4O2/c23-19-6-8-20(9-7-19)27-15-18(13-25-27)22(29)24-12-16-3-1-4-17(11-16)14-26-10-2-5-21(26)28/h1,3-4,6-9,11,13,15H,2,5,10,12,14H2,(H,24,29).